The second kappa shape index (κ2) is 5.31. The average Bonchev–Trinajstić information content (AvgIpc) is 2.90. The number of hydrogen-bond donors (Lipinski definition) is 1. The molecule has 1 N–H and O–H groups in total. The van der Waals surface area contributed by atoms with E-state index in [-0.39, 0.29) is 0 Å². The lowest BCUT2D eigenvalue weighted by Crippen LogP contribution is -2.35. The van der Waals surface area contributed by atoms with Gasteiger partial charge in [-0.2, -0.15) is 0 Å². The van der Waals surface area contributed by atoms with Crippen LogP contribution in [0.3, 0.4) is 0 Å². The van der Waals surface area contributed by atoms with E-state index >= 15 is 0 Å². The topological polar surface area (TPSA) is 15.3 Å². The predicted octanol–water partition coefficient (Wildman–Crippen LogP) is 2.25. The maximum Gasteiger partial charge on any atom is 0.0207 e. The molecule has 1 unspecified atom stereocenters. The molecule has 0 aromatic rings. The Balaban J connectivity index is 1.52. The number of rotatable bonds is 6. The van der Waals surface area contributed by atoms with Crippen LogP contribution in [0, 0.1) is 5.92 Å². The lowest BCUT2D eigenvalue weighted by Gasteiger charge is -2.20. The van der Waals surface area contributed by atoms with Gasteiger partial charge in [-0.25, -0.2) is 0 Å². The minimum atomic E-state index is 0.725. The summed E-state index contributed by atoms with van der Waals surface area (Å²) in [4.78, 5) is 2.58. The normalized spacial score (nSPS) is 27.8. The minimum Gasteiger partial charge on any atom is -0.313 e. The number of nitrogens with zero attached hydrogens (tertiary/aromatic N) is 1. The Kier molecular flexibility index (Phi) is 4.04. The molecule has 0 amide bonds. The molecule has 0 bridgehead atoms. The van der Waals surface area contributed by atoms with E-state index in [0.717, 1.165) is 18.0 Å². The summed E-state index contributed by atoms with van der Waals surface area (Å²) in [6.45, 7) is 8.40. The van der Waals surface area contributed by atoms with Gasteiger partial charge in [0.05, 0.1) is 0 Å². The molecule has 2 heteroatoms. The summed E-state index contributed by atoms with van der Waals surface area (Å²) in [5.74, 6) is 1.10. The second-order valence-electron chi connectivity index (χ2n) is 5.61. The van der Waals surface area contributed by atoms with Gasteiger partial charge in [-0.1, -0.05) is 12.8 Å². The summed E-state index contributed by atoms with van der Waals surface area (Å²) < 4.78 is 0. The quantitative estimate of drug-likeness (QED) is 0.676. The first kappa shape index (κ1) is 11.4. The van der Waals surface area contributed by atoms with Crippen molar-refractivity contribution < 1.29 is 0 Å². The van der Waals surface area contributed by atoms with Crippen molar-refractivity contribution in [2.75, 3.05) is 19.6 Å². The second-order valence-corrected chi connectivity index (χ2v) is 5.61. The van der Waals surface area contributed by atoms with Gasteiger partial charge in [0.2, 0.25) is 0 Å². The van der Waals surface area contributed by atoms with Gasteiger partial charge in [0.15, 0.2) is 0 Å². The zero-order valence-corrected chi connectivity index (χ0v) is 10.3. The summed E-state index contributed by atoms with van der Waals surface area (Å²) >= 11 is 0. The third kappa shape index (κ3) is 3.76. The Hall–Kier alpha value is -0.0800. The van der Waals surface area contributed by atoms with Crippen molar-refractivity contribution in [1.82, 2.24) is 10.2 Å². The fourth-order valence-corrected chi connectivity index (χ4v) is 2.53. The van der Waals surface area contributed by atoms with Crippen LogP contribution >= 0.6 is 0 Å². The predicted molar refractivity (Wildman–Crippen MR) is 65.1 cm³/mol. The molecule has 0 radical (unpaired) electrons. The molecule has 1 saturated heterocycles. The molecule has 2 aliphatic rings. The van der Waals surface area contributed by atoms with Gasteiger partial charge in [-0.05, 0) is 52.1 Å². The summed E-state index contributed by atoms with van der Waals surface area (Å²) in [7, 11) is 0. The molecule has 1 aliphatic heterocycles. The Labute approximate surface area is 94.4 Å². The van der Waals surface area contributed by atoms with E-state index in [4.69, 9.17) is 0 Å². The third-order valence-corrected chi connectivity index (χ3v) is 3.87. The van der Waals surface area contributed by atoms with Crippen molar-refractivity contribution in [2.24, 2.45) is 5.92 Å². The van der Waals surface area contributed by atoms with Crippen LogP contribution in [0.5, 0.6) is 0 Å². The SMILES string of the molecule is CC(C)N1CCC(NCCCC2CC2)C1. The molecule has 15 heavy (non-hydrogen) atoms. The van der Waals surface area contributed by atoms with Crippen LogP contribution in [0.2, 0.25) is 0 Å². The largest absolute Gasteiger partial charge is 0.313 e. The van der Waals surface area contributed by atoms with Gasteiger partial charge in [0, 0.05) is 18.6 Å². The molecule has 0 aromatic heterocycles. The van der Waals surface area contributed by atoms with Crippen LogP contribution in [-0.2, 0) is 0 Å². The van der Waals surface area contributed by atoms with Crippen molar-refractivity contribution in [3.05, 3.63) is 0 Å². The van der Waals surface area contributed by atoms with Crippen LogP contribution < -0.4 is 5.32 Å². The molecule has 2 fully saturated rings. The molecule has 88 valence electrons. The monoisotopic (exact) mass is 210 g/mol. The fraction of sp³-hybridized carbons (Fsp3) is 1.00. The lowest BCUT2D eigenvalue weighted by atomic mass is 10.2. The van der Waals surface area contributed by atoms with E-state index in [9.17, 15) is 0 Å². The highest BCUT2D eigenvalue weighted by Crippen LogP contribution is 2.33. The molecule has 1 atom stereocenters. The van der Waals surface area contributed by atoms with E-state index in [2.05, 4.69) is 24.1 Å². The maximum absolute atomic E-state index is 3.71. The summed E-state index contributed by atoms with van der Waals surface area (Å²) in [5.41, 5.74) is 0. The number of likely N-dealkylation sites (tertiary alicyclic amines) is 1. The molecule has 1 aliphatic carbocycles. The Morgan fingerprint density at radius 1 is 1.27 bits per heavy atom. The first-order valence-electron chi connectivity index (χ1n) is 6.73. The van der Waals surface area contributed by atoms with Crippen LogP contribution in [0.4, 0.5) is 0 Å². The van der Waals surface area contributed by atoms with Gasteiger partial charge in [-0.3, -0.25) is 4.90 Å². The highest BCUT2D eigenvalue weighted by molar-refractivity contribution is 4.82. The smallest absolute Gasteiger partial charge is 0.0207 e. The van der Waals surface area contributed by atoms with Crippen LogP contribution in [-0.4, -0.2) is 36.6 Å². The fourth-order valence-electron chi connectivity index (χ4n) is 2.53. The van der Waals surface area contributed by atoms with Gasteiger partial charge in [0.1, 0.15) is 0 Å². The van der Waals surface area contributed by atoms with Crippen molar-refractivity contribution in [3.63, 3.8) is 0 Å². The molecule has 0 spiro atoms. The van der Waals surface area contributed by atoms with E-state index in [1.165, 1.54) is 51.7 Å². The van der Waals surface area contributed by atoms with Crippen molar-refractivity contribution in [2.45, 2.75) is 58.0 Å². The number of nitrogens with one attached hydrogen (secondary N) is 1. The van der Waals surface area contributed by atoms with Gasteiger partial charge >= 0.3 is 0 Å². The zero-order chi connectivity index (χ0) is 10.7. The zero-order valence-electron chi connectivity index (χ0n) is 10.3. The standard InChI is InChI=1S/C13H26N2/c1-11(2)15-9-7-13(10-15)14-8-3-4-12-5-6-12/h11-14H,3-10H2,1-2H3. The van der Waals surface area contributed by atoms with E-state index < -0.39 is 0 Å². The molecule has 0 aromatic carbocycles. The molecular weight excluding hydrogens is 184 g/mol. The van der Waals surface area contributed by atoms with Crippen molar-refractivity contribution in [3.8, 4) is 0 Å². The van der Waals surface area contributed by atoms with Gasteiger partial charge < -0.3 is 5.32 Å². The highest BCUT2D eigenvalue weighted by Gasteiger charge is 2.24. The van der Waals surface area contributed by atoms with Crippen LogP contribution in [0.25, 0.3) is 0 Å². The van der Waals surface area contributed by atoms with E-state index in [1.807, 2.05) is 0 Å². The maximum atomic E-state index is 3.71. The minimum absolute atomic E-state index is 0.725. The average molecular weight is 210 g/mol. The Bertz CT molecular complexity index is 187. The molecular formula is C13H26N2. The van der Waals surface area contributed by atoms with E-state index in [0.29, 0.717) is 0 Å². The lowest BCUT2D eigenvalue weighted by molar-refractivity contribution is 0.268. The van der Waals surface area contributed by atoms with Crippen molar-refractivity contribution >= 4 is 0 Å². The Morgan fingerprint density at radius 3 is 2.67 bits per heavy atom. The highest BCUT2D eigenvalue weighted by atomic mass is 15.2. The summed E-state index contributed by atoms with van der Waals surface area (Å²) in [6.07, 6.45) is 7.22. The first-order valence-corrected chi connectivity index (χ1v) is 6.73. The van der Waals surface area contributed by atoms with Crippen LogP contribution in [0.15, 0.2) is 0 Å². The molecule has 1 saturated carbocycles. The van der Waals surface area contributed by atoms with Crippen molar-refractivity contribution in [1.29, 1.82) is 0 Å². The van der Waals surface area contributed by atoms with Gasteiger partial charge in [0.25, 0.3) is 0 Å². The molecule has 2 rings (SSSR count). The third-order valence-electron chi connectivity index (χ3n) is 3.87. The summed E-state index contributed by atoms with van der Waals surface area (Å²) in [6, 6.07) is 1.50. The molecule has 2 nitrogen and oxygen atoms in total. The van der Waals surface area contributed by atoms with E-state index in [1.54, 1.807) is 0 Å². The van der Waals surface area contributed by atoms with Gasteiger partial charge in [-0.15, -0.1) is 0 Å². The van der Waals surface area contributed by atoms with Crippen LogP contribution in [0.1, 0.15) is 46.0 Å². The Morgan fingerprint density at radius 2 is 2.07 bits per heavy atom. The number of hydrogen-bond acceptors (Lipinski definition) is 2. The first-order chi connectivity index (χ1) is 7.25. The molecule has 1 heterocycles. The summed E-state index contributed by atoms with van der Waals surface area (Å²) in [5, 5.41) is 3.71.